The number of carboxylic acid groups (broad SMARTS) is 1. The van der Waals surface area contributed by atoms with Crippen molar-refractivity contribution in [3.63, 3.8) is 0 Å². The van der Waals surface area contributed by atoms with Crippen LogP contribution in [-0.2, 0) is 11.4 Å². The molecule has 0 saturated carbocycles. The van der Waals surface area contributed by atoms with Crippen LogP contribution >= 0.6 is 0 Å². The smallest absolute Gasteiger partial charge is 0.336 e. The summed E-state index contributed by atoms with van der Waals surface area (Å²) in [6.07, 6.45) is 2.50. The van der Waals surface area contributed by atoms with Gasteiger partial charge in [-0.05, 0) is 11.6 Å². The van der Waals surface area contributed by atoms with Crippen LogP contribution in [-0.4, -0.2) is 26.2 Å². The molecule has 6 nitrogen and oxygen atoms in total. The molecule has 0 saturated heterocycles. The lowest BCUT2D eigenvalue weighted by molar-refractivity contribution is -0.130. The Bertz CT molecular complexity index is 705. The van der Waals surface area contributed by atoms with Crippen molar-refractivity contribution >= 4 is 17.6 Å². The van der Waals surface area contributed by atoms with E-state index in [0.29, 0.717) is 5.56 Å². The number of aromatic nitrogens is 2. The van der Waals surface area contributed by atoms with Crippen LogP contribution in [0, 0.1) is 0 Å². The first-order valence-corrected chi connectivity index (χ1v) is 5.81. The molecule has 0 spiro atoms. The molecule has 20 heavy (non-hydrogen) atoms. The molecule has 3 N–H and O–H groups in total. The van der Waals surface area contributed by atoms with Crippen molar-refractivity contribution in [3.05, 3.63) is 63.8 Å². The molecule has 0 bridgehead atoms. The number of aliphatic hydroxyl groups excluding tert-OH is 1. The highest BCUT2D eigenvalue weighted by Crippen LogP contribution is 2.16. The summed E-state index contributed by atoms with van der Waals surface area (Å²) in [4.78, 5) is 29.1. The molecule has 1 aromatic carbocycles. The van der Waals surface area contributed by atoms with Gasteiger partial charge in [-0.15, -0.1) is 0 Å². The van der Waals surface area contributed by atoms with Gasteiger partial charge in [0.2, 0.25) is 0 Å². The SMILES string of the molecule is O=C(O)C(=Cc1ncc(CO)c(=O)[nH]1)c1ccccc1. The van der Waals surface area contributed by atoms with Gasteiger partial charge in [0.25, 0.3) is 5.56 Å². The number of benzene rings is 1. The molecular formula is C14H12N2O4. The van der Waals surface area contributed by atoms with Crippen LogP contribution in [0.5, 0.6) is 0 Å². The second kappa shape index (κ2) is 5.94. The summed E-state index contributed by atoms with van der Waals surface area (Å²) in [6, 6.07) is 8.52. The molecular weight excluding hydrogens is 260 g/mol. The molecule has 0 amide bonds. The van der Waals surface area contributed by atoms with Crippen molar-refractivity contribution in [1.29, 1.82) is 0 Å². The highest BCUT2D eigenvalue weighted by Gasteiger charge is 2.11. The monoisotopic (exact) mass is 272 g/mol. The number of nitrogens with one attached hydrogen (secondary N) is 1. The molecule has 0 fully saturated rings. The molecule has 102 valence electrons. The third kappa shape index (κ3) is 2.99. The average molecular weight is 272 g/mol. The molecule has 0 aliphatic carbocycles. The number of aromatic amines is 1. The van der Waals surface area contributed by atoms with Crippen LogP contribution in [0.2, 0.25) is 0 Å². The number of carboxylic acids is 1. The van der Waals surface area contributed by atoms with Gasteiger partial charge >= 0.3 is 5.97 Å². The number of rotatable bonds is 4. The molecule has 2 aromatic rings. The van der Waals surface area contributed by atoms with E-state index in [2.05, 4.69) is 9.97 Å². The Labute approximate surface area is 114 Å². The molecule has 0 unspecified atom stereocenters. The van der Waals surface area contributed by atoms with E-state index in [9.17, 15) is 14.7 Å². The number of carbonyl (C=O) groups is 1. The van der Waals surface area contributed by atoms with Crippen LogP contribution in [0.25, 0.3) is 11.6 Å². The maximum absolute atomic E-state index is 11.5. The molecule has 0 radical (unpaired) electrons. The van der Waals surface area contributed by atoms with E-state index < -0.39 is 18.1 Å². The quantitative estimate of drug-likeness (QED) is 0.717. The van der Waals surface area contributed by atoms with Crippen LogP contribution in [0.1, 0.15) is 17.0 Å². The van der Waals surface area contributed by atoms with Crippen molar-refractivity contribution in [2.75, 3.05) is 0 Å². The highest BCUT2D eigenvalue weighted by molar-refractivity contribution is 6.20. The maximum atomic E-state index is 11.5. The molecule has 0 aliphatic heterocycles. The van der Waals surface area contributed by atoms with E-state index >= 15 is 0 Å². The zero-order chi connectivity index (χ0) is 14.5. The van der Waals surface area contributed by atoms with Crippen LogP contribution < -0.4 is 5.56 Å². The van der Waals surface area contributed by atoms with Crippen LogP contribution in [0.3, 0.4) is 0 Å². The average Bonchev–Trinajstić information content (AvgIpc) is 2.45. The van der Waals surface area contributed by atoms with Gasteiger partial charge in [-0.3, -0.25) is 4.79 Å². The van der Waals surface area contributed by atoms with E-state index in [1.807, 2.05) is 0 Å². The lowest BCUT2D eigenvalue weighted by Gasteiger charge is -2.03. The van der Waals surface area contributed by atoms with E-state index in [0.717, 1.165) is 0 Å². The Morgan fingerprint density at radius 3 is 2.55 bits per heavy atom. The van der Waals surface area contributed by atoms with Gasteiger partial charge in [0.05, 0.1) is 17.7 Å². The lowest BCUT2D eigenvalue weighted by atomic mass is 10.1. The van der Waals surface area contributed by atoms with E-state index in [1.165, 1.54) is 12.3 Å². The minimum absolute atomic E-state index is 0.0190. The molecule has 6 heteroatoms. The third-order valence-electron chi connectivity index (χ3n) is 2.66. The lowest BCUT2D eigenvalue weighted by Crippen LogP contribution is -2.15. The highest BCUT2D eigenvalue weighted by atomic mass is 16.4. The largest absolute Gasteiger partial charge is 0.478 e. The van der Waals surface area contributed by atoms with Crippen molar-refractivity contribution in [3.8, 4) is 0 Å². The van der Waals surface area contributed by atoms with E-state index in [-0.39, 0.29) is 17.0 Å². The zero-order valence-corrected chi connectivity index (χ0v) is 10.4. The van der Waals surface area contributed by atoms with E-state index in [1.54, 1.807) is 30.3 Å². The summed E-state index contributed by atoms with van der Waals surface area (Å²) < 4.78 is 0. The summed E-state index contributed by atoms with van der Waals surface area (Å²) in [5, 5.41) is 18.1. The summed E-state index contributed by atoms with van der Waals surface area (Å²) in [6.45, 7) is -0.420. The Morgan fingerprint density at radius 2 is 2.00 bits per heavy atom. The topological polar surface area (TPSA) is 103 Å². The van der Waals surface area contributed by atoms with Crippen molar-refractivity contribution in [2.24, 2.45) is 0 Å². The van der Waals surface area contributed by atoms with Gasteiger partial charge in [0.1, 0.15) is 5.82 Å². The second-order valence-corrected chi connectivity index (χ2v) is 4.01. The molecule has 1 aromatic heterocycles. The van der Waals surface area contributed by atoms with Gasteiger partial charge in [-0.1, -0.05) is 30.3 Å². The predicted octanol–water partition coefficient (Wildman–Crippen LogP) is 0.887. The summed E-state index contributed by atoms with van der Waals surface area (Å²) in [7, 11) is 0. The van der Waals surface area contributed by atoms with Crippen LogP contribution in [0.15, 0.2) is 41.3 Å². The minimum Gasteiger partial charge on any atom is -0.478 e. The van der Waals surface area contributed by atoms with Crippen LogP contribution in [0.4, 0.5) is 0 Å². The van der Waals surface area contributed by atoms with Gasteiger partial charge in [-0.2, -0.15) is 0 Å². The normalized spacial score (nSPS) is 11.3. The van der Waals surface area contributed by atoms with Gasteiger partial charge in [0, 0.05) is 6.20 Å². The number of hydrogen-bond acceptors (Lipinski definition) is 4. The Kier molecular flexibility index (Phi) is 4.07. The molecule has 1 heterocycles. The first kappa shape index (κ1) is 13.7. The number of aliphatic carboxylic acids is 1. The summed E-state index contributed by atoms with van der Waals surface area (Å²) >= 11 is 0. The Morgan fingerprint density at radius 1 is 1.30 bits per heavy atom. The summed E-state index contributed by atoms with van der Waals surface area (Å²) in [5.74, 6) is -1.00. The third-order valence-corrected chi connectivity index (χ3v) is 2.66. The second-order valence-electron chi connectivity index (χ2n) is 4.01. The van der Waals surface area contributed by atoms with Crippen molar-refractivity contribution in [1.82, 2.24) is 9.97 Å². The van der Waals surface area contributed by atoms with E-state index in [4.69, 9.17) is 5.11 Å². The number of aliphatic hydroxyl groups is 1. The van der Waals surface area contributed by atoms with Gasteiger partial charge in [-0.25, -0.2) is 9.78 Å². The van der Waals surface area contributed by atoms with Crippen molar-refractivity contribution in [2.45, 2.75) is 6.61 Å². The van der Waals surface area contributed by atoms with Gasteiger partial charge in [0.15, 0.2) is 0 Å². The fraction of sp³-hybridized carbons (Fsp3) is 0.0714. The Hall–Kier alpha value is -2.73. The first-order valence-electron chi connectivity index (χ1n) is 5.81. The standard InChI is InChI=1S/C14H12N2O4/c17-8-10-7-15-12(16-13(10)18)6-11(14(19)20)9-4-2-1-3-5-9/h1-7,17H,8H2,(H,19,20)(H,15,16,18). The predicted molar refractivity (Wildman–Crippen MR) is 72.7 cm³/mol. The maximum Gasteiger partial charge on any atom is 0.336 e. The first-order chi connectivity index (χ1) is 9.61. The number of nitrogens with zero attached hydrogens (tertiary/aromatic N) is 1. The number of hydrogen-bond donors (Lipinski definition) is 3. The molecule has 0 aliphatic rings. The summed E-state index contributed by atoms with van der Waals surface area (Å²) in [5.41, 5.74) is 0.157. The number of H-pyrrole nitrogens is 1. The van der Waals surface area contributed by atoms with Crippen molar-refractivity contribution < 1.29 is 15.0 Å². The fourth-order valence-corrected chi connectivity index (χ4v) is 1.64. The minimum atomic E-state index is -1.12. The zero-order valence-electron chi connectivity index (χ0n) is 10.4. The molecule has 0 atom stereocenters. The van der Waals surface area contributed by atoms with Gasteiger partial charge < -0.3 is 15.2 Å². The Balaban J connectivity index is 2.47. The molecule has 2 rings (SSSR count). The fourth-order valence-electron chi connectivity index (χ4n) is 1.64.